The summed E-state index contributed by atoms with van der Waals surface area (Å²) in [7, 11) is 1.47. The molecule has 0 aliphatic rings. The van der Waals surface area contributed by atoms with Crippen LogP contribution in [0.15, 0.2) is 0 Å². The molecule has 0 spiro atoms. The number of methoxy groups -OCH3 is 1. The van der Waals surface area contributed by atoms with Gasteiger partial charge in [0.05, 0.1) is 13.3 Å². The Morgan fingerprint density at radius 2 is 1.42 bits per heavy atom. The van der Waals surface area contributed by atoms with Crippen LogP contribution in [0.25, 0.3) is 0 Å². The lowest BCUT2D eigenvalue weighted by molar-refractivity contribution is -0.137. The fourth-order valence-corrected chi connectivity index (χ4v) is 6.05. The van der Waals surface area contributed by atoms with E-state index >= 15 is 0 Å². The van der Waals surface area contributed by atoms with Crippen LogP contribution >= 0.6 is 6.04 Å². The fourth-order valence-electron chi connectivity index (χ4n) is 2.22. The van der Waals surface area contributed by atoms with E-state index in [0.29, 0.717) is 6.16 Å². The van der Waals surface area contributed by atoms with Crippen LogP contribution in [0.2, 0.25) is 0 Å². The molecule has 0 aromatic heterocycles. The molecule has 0 atom stereocenters. The van der Waals surface area contributed by atoms with Gasteiger partial charge >= 0.3 is 5.97 Å². The monoisotopic (exact) mass is 306 g/mol. The molecule has 0 saturated carbocycles. The highest BCUT2D eigenvalue weighted by Gasteiger charge is 2.20. The average molecular weight is 306 g/mol. The Bertz CT molecular complexity index is 263. The summed E-state index contributed by atoms with van der Waals surface area (Å²) < 4.78 is 4.82. The van der Waals surface area contributed by atoms with E-state index in [4.69, 9.17) is 16.5 Å². The van der Waals surface area contributed by atoms with E-state index in [-0.39, 0.29) is 5.97 Å². The van der Waals surface area contributed by atoms with Crippen molar-refractivity contribution in [1.82, 2.24) is 0 Å². The van der Waals surface area contributed by atoms with Gasteiger partial charge in [0.1, 0.15) is 0 Å². The first-order valence-corrected chi connectivity index (χ1v) is 11.1. The van der Waals surface area contributed by atoms with Crippen LogP contribution < -0.4 is 0 Å². The Kier molecular flexibility index (Phi) is 12.0. The van der Waals surface area contributed by atoms with Crippen molar-refractivity contribution in [3.8, 4) is 0 Å². The molecule has 0 aliphatic heterocycles. The molecule has 0 N–H and O–H groups in total. The maximum Gasteiger partial charge on any atom is 0.310 e. The van der Waals surface area contributed by atoms with Crippen molar-refractivity contribution in [1.29, 1.82) is 0 Å². The molecule has 114 valence electrons. The number of carbonyl (C=O) groups excluding carboxylic acids is 1. The number of hydrogen-bond acceptors (Lipinski definition) is 3. The molecule has 0 amide bonds. The van der Waals surface area contributed by atoms with Gasteiger partial charge in [0.15, 0.2) is 0 Å². The minimum absolute atomic E-state index is 0.102. The quantitative estimate of drug-likeness (QED) is 0.294. The Morgan fingerprint density at radius 3 is 1.79 bits per heavy atom. The zero-order valence-electron chi connectivity index (χ0n) is 13.0. The largest absolute Gasteiger partial charge is 0.469 e. The van der Waals surface area contributed by atoms with E-state index in [1.807, 2.05) is 0 Å². The molecule has 0 unspecified atom stereocenters. The molecule has 0 aromatic rings. The zero-order valence-corrected chi connectivity index (χ0v) is 14.7. The second-order valence-electron chi connectivity index (χ2n) is 5.36. The average Bonchev–Trinajstić information content (AvgIpc) is 2.40. The number of unbranched alkanes of at least 4 members (excludes halogenated alkanes) is 6. The first-order valence-electron chi connectivity index (χ1n) is 7.72. The molecule has 0 aromatic carbocycles. The SMILES string of the molecule is CCCCCCP(=S)(CCCCCC)CC(=O)OC. The summed E-state index contributed by atoms with van der Waals surface area (Å²) in [5, 5.41) is 0. The third kappa shape index (κ3) is 10.6. The Balaban J connectivity index is 4.19. The van der Waals surface area contributed by atoms with Gasteiger partial charge in [-0.15, -0.1) is 0 Å². The van der Waals surface area contributed by atoms with Gasteiger partial charge in [-0.25, -0.2) is 0 Å². The summed E-state index contributed by atoms with van der Waals surface area (Å²) in [6, 6.07) is -1.51. The molecule has 0 saturated heterocycles. The van der Waals surface area contributed by atoms with E-state index in [1.54, 1.807) is 0 Å². The molecule has 0 rings (SSSR count). The van der Waals surface area contributed by atoms with Crippen molar-refractivity contribution in [2.75, 3.05) is 25.6 Å². The lowest BCUT2D eigenvalue weighted by atomic mass is 10.2. The number of esters is 1. The summed E-state index contributed by atoms with van der Waals surface area (Å²) in [6.45, 7) is 4.44. The summed E-state index contributed by atoms with van der Waals surface area (Å²) in [4.78, 5) is 11.5. The van der Waals surface area contributed by atoms with Crippen molar-refractivity contribution in [2.24, 2.45) is 0 Å². The van der Waals surface area contributed by atoms with Gasteiger partial charge in [-0.1, -0.05) is 64.2 Å². The summed E-state index contributed by atoms with van der Waals surface area (Å²) in [6.07, 6.45) is 12.6. The fraction of sp³-hybridized carbons (Fsp3) is 0.933. The van der Waals surface area contributed by atoms with E-state index in [2.05, 4.69) is 13.8 Å². The molecule has 0 aliphatic carbocycles. The molecular weight excluding hydrogens is 275 g/mol. The van der Waals surface area contributed by atoms with E-state index < -0.39 is 6.04 Å². The Hall–Kier alpha value is 0.120. The molecule has 2 nitrogen and oxygen atoms in total. The molecule has 0 radical (unpaired) electrons. The van der Waals surface area contributed by atoms with Crippen molar-refractivity contribution in [2.45, 2.75) is 65.2 Å². The molecule has 19 heavy (non-hydrogen) atoms. The van der Waals surface area contributed by atoms with Crippen molar-refractivity contribution in [3.63, 3.8) is 0 Å². The predicted molar refractivity (Wildman–Crippen MR) is 89.2 cm³/mol. The zero-order chi connectivity index (χ0) is 14.6. The second kappa shape index (κ2) is 11.9. The summed E-state index contributed by atoms with van der Waals surface area (Å²) in [5.74, 6) is -0.102. The highest BCUT2D eigenvalue weighted by atomic mass is 32.4. The third-order valence-corrected chi connectivity index (χ3v) is 8.06. The van der Waals surface area contributed by atoms with Crippen LogP contribution in [0, 0.1) is 0 Å². The maximum absolute atomic E-state index is 11.5. The highest BCUT2D eigenvalue weighted by molar-refractivity contribution is 8.15. The van der Waals surface area contributed by atoms with Gasteiger partial charge in [-0.3, -0.25) is 4.79 Å². The van der Waals surface area contributed by atoms with Crippen molar-refractivity contribution < 1.29 is 9.53 Å². The molecule has 0 heterocycles. The number of hydrogen-bond donors (Lipinski definition) is 0. The van der Waals surface area contributed by atoms with Crippen LogP contribution in [0.4, 0.5) is 0 Å². The first-order chi connectivity index (χ1) is 9.08. The predicted octanol–water partition coefficient (Wildman–Crippen LogP) is 4.80. The van der Waals surface area contributed by atoms with Crippen molar-refractivity contribution >= 4 is 23.8 Å². The van der Waals surface area contributed by atoms with E-state index in [9.17, 15) is 4.79 Å². The molecule has 4 heteroatoms. The van der Waals surface area contributed by atoms with E-state index in [0.717, 1.165) is 12.3 Å². The highest BCUT2D eigenvalue weighted by Crippen LogP contribution is 2.48. The normalized spacial score (nSPS) is 11.5. The maximum atomic E-state index is 11.5. The van der Waals surface area contributed by atoms with Crippen LogP contribution in [0.5, 0.6) is 0 Å². The second-order valence-corrected chi connectivity index (χ2v) is 11.0. The van der Waals surface area contributed by atoms with Gasteiger partial charge in [0, 0.05) is 0 Å². The standard InChI is InChI=1S/C15H31O2PS/c1-4-6-8-10-12-18(19,14-15(16)17-3)13-11-9-7-5-2/h4-14H2,1-3H3. The van der Waals surface area contributed by atoms with Gasteiger partial charge in [-0.05, 0) is 31.2 Å². The van der Waals surface area contributed by atoms with E-state index in [1.165, 1.54) is 58.5 Å². The smallest absolute Gasteiger partial charge is 0.310 e. The Labute approximate surface area is 124 Å². The van der Waals surface area contributed by atoms with Gasteiger partial charge in [-0.2, -0.15) is 0 Å². The molecule has 0 fully saturated rings. The third-order valence-electron chi connectivity index (χ3n) is 3.48. The number of ether oxygens (including phenoxy) is 1. The van der Waals surface area contributed by atoms with Crippen LogP contribution in [0.1, 0.15) is 65.2 Å². The number of carbonyl (C=O) groups is 1. The minimum Gasteiger partial charge on any atom is -0.469 e. The van der Waals surface area contributed by atoms with Crippen LogP contribution in [-0.2, 0) is 21.3 Å². The summed E-state index contributed by atoms with van der Waals surface area (Å²) >= 11 is 5.85. The van der Waals surface area contributed by atoms with Crippen molar-refractivity contribution in [3.05, 3.63) is 0 Å². The topological polar surface area (TPSA) is 26.3 Å². The summed E-state index contributed by atoms with van der Waals surface area (Å²) in [5.41, 5.74) is 0. The lowest BCUT2D eigenvalue weighted by Gasteiger charge is -2.21. The Morgan fingerprint density at radius 1 is 0.947 bits per heavy atom. The van der Waals surface area contributed by atoms with Crippen LogP contribution in [-0.4, -0.2) is 31.6 Å². The minimum atomic E-state index is -1.51. The number of rotatable bonds is 12. The lowest BCUT2D eigenvalue weighted by Crippen LogP contribution is -2.11. The molecular formula is C15H31O2PS. The van der Waals surface area contributed by atoms with Gasteiger partial charge in [0.2, 0.25) is 0 Å². The first kappa shape index (κ1) is 19.1. The molecule has 0 bridgehead atoms. The van der Waals surface area contributed by atoms with Crippen LogP contribution in [0.3, 0.4) is 0 Å². The van der Waals surface area contributed by atoms with Gasteiger partial charge < -0.3 is 4.74 Å². The van der Waals surface area contributed by atoms with Gasteiger partial charge in [0.25, 0.3) is 0 Å².